The quantitative estimate of drug-likeness (QED) is 0.573. The van der Waals surface area contributed by atoms with Crippen molar-refractivity contribution in [3.63, 3.8) is 0 Å². The van der Waals surface area contributed by atoms with Crippen molar-refractivity contribution >= 4 is 5.97 Å². The molecule has 0 aromatic heterocycles. The van der Waals surface area contributed by atoms with Crippen LogP contribution in [0.25, 0.3) is 0 Å². The maximum Gasteiger partial charge on any atom is 0.305 e. The average Bonchev–Trinajstić information content (AvgIpc) is 3.12. The van der Waals surface area contributed by atoms with Gasteiger partial charge in [-0.3, -0.25) is 4.79 Å². The zero-order valence-corrected chi connectivity index (χ0v) is 19.8. The van der Waals surface area contributed by atoms with Gasteiger partial charge < -0.3 is 20.1 Å². The van der Waals surface area contributed by atoms with E-state index in [1.165, 1.54) is 7.11 Å². The summed E-state index contributed by atoms with van der Waals surface area (Å²) in [6.45, 7) is 6.55. The van der Waals surface area contributed by atoms with Crippen LogP contribution >= 0.6 is 0 Å². The molecule has 4 aliphatic carbocycles. The highest BCUT2D eigenvalue weighted by molar-refractivity contribution is 5.69. The molecule has 1 unspecified atom stereocenters. The summed E-state index contributed by atoms with van der Waals surface area (Å²) in [4.78, 5) is 11.7. The minimum absolute atomic E-state index is 0.0777. The van der Waals surface area contributed by atoms with Crippen LogP contribution in [0, 0.1) is 57.7 Å². The first kappa shape index (κ1) is 23.7. The molecule has 0 heterocycles. The molecule has 6 heteroatoms. The number of carbonyl (C=O) groups is 1. The summed E-state index contributed by atoms with van der Waals surface area (Å²) in [5.41, 5.74) is -0.162. The van der Waals surface area contributed by atoms with Gasteiger partial charge in [-0.25, -0.2) is 0 Å². The fraction of sp³-hybridized carbons (Fsp3) is 0.846. The Bertz CT molecular complexity index is 820. The van der Waals surface area contributed by atoms with E-state index in [1.54, 1.807) is 0 Å². The van der Waals surface area contributed by atoms with Gasteiger partial charge in [-0.05, 0) is 84.9 Å². The summed E-state index contributed by atoms with van der Waals surface area (Å²) in [5, 5.41) is 42.9. The molecular weight excluding hydrogens is 406 g/mol. The highest BCUT2D eigenvalue weighted by Crippen LogP contribution is 2.68. The Morgan fingerprint density at radius 1 is 1.22 bits per heavy atom. The number of rotatable bonds is 4. The summed E-state index contributed by atoms with van der Waals surface area (Å²) >= 11 is 0. The molecule has 0 bridgehead atoms. The van der Waals surface area contributed by atoms with E-state index in [1.807, 2.05) is 6.08 Å². The highest BCUT2D eigenvalue weighted by atomic mass is 16.5. The highest BCUT2D eigenvalue weighted by Gasteiger charge is 2.65. The van der Waals surface area contributed by atoms with Gasteiger partial charge in [-0.15, -0.1) is 0 Å². The van der Waals surface area contributed by atoms with Gasteiger partial charge in [0.1, 0.15) is 0 Å². The molecule has 3 N–H and O–H groups in total. The summed E-state index contributed by atoms with van der Waals surface area (Å²) in [5.74, 6) is 0.873. The van der Waals surface area contributed by atoms with Crippen LogP contribution in [0.15, 0.2) is 11.6 Å². The van der Waals surface area contributed by atoms with Crippen molar-refractivity contribution in [3.05, 3.63) is 11.6 Å². The van der Waals surface area contributed by atoms with Crippen molar-refractivity contribution in [1.29, 1.82) is 5.26 Å². The Morgan fingerprint density at radius 3 is 2.59 bits per heavy atom. The van der Waals surface area contributed by atoms with Gasteiger partial charge in [-0.2, -0.15) is 5.26 Å². The molecule has 0 aromatic rings. The lowest BCUT2D eigenvalue weighted by Crippen LogP contribution is -2.61. The van der Waals surface area contributed by atoms with Crippen molar-refractivity contribution in [2.75, 3.05) is 7.11 Å². The zero-order chi connectivity index (χ0) is 23.4. The largest absolute Gasteiger partial charge is 0.469 e. The number of hydrogen-bond donors (Lipinski definition) is 3. The molecule has 3 saturated carbocycles. The Kier molecular flexibility index (Phi) is 6.24. The van der Waals surface area contributed by atoms with E-state index >= 15 is 0 Å². The first-order valence-corrected chi connectivity index (χ1v) is 12.3. The van der Waals surface area contributed by atoms with Gasteiger partial charge >= 0.3 is 5.97 Å². The number of ether oxygens (including phenoxy) is 1. The molecular formula is C26H39NO5. The second kappa shape index (κ2) is 8.42. The third kappa shape index (κ3) is 3.43. The van der Waals surface area contributed by atoms with Crippen molar-refractivity contribution in [1.82, 2.24) is 0 Å². The van der Waals surface area contributed by atoms with Crippen molar-refractivity contribution < 1.29 is 24.9 Å². The van der Waals surface area contributed by atoms with Crippen LogP contribution < -0.4 is 0 Å². The second-order valence-electron chi connectivity index (χ2n) is 11.5. The van der Waals surface area contributed by atoms with Crippen molar-refractivity contribution in [2.24, 2.45) is 46.3 Å². The molecule has 6 nitrogen and oxygen atoms in total. The summed E-state index contributed by atoms with van der Waals surface area (Å²) in [6.07, 6.45) is 5.11. The lowest BCUT2D eigenvalue weighted by molar-refractivity contribution is -0.188. The zero-order valence-electron chi connectivity index (χ0n) is 19.8. The number of fused-ring (bicyclic) bond motifs is 5. The third-order valence-corrected chi connectivity index (χ3v) is 10.3. The normalized spacial score (nSPS) is 48.5. The molecule has 11 atom stereocenters. The van der Waals surface area contributed by atoms with E-state index in [9.17, 15) is 25.4 Å². The van der Waals surface area contributed by atoms with Crippen LogP contribution in [0.4, 0.5) is 0 Å². The predicted molar refractivity (Wildman–Crippen MR) is 119 cm³/mol. The molecule has 0 saturated heterocycles. The van der Waals surface area contributed by atoms with E-state index in [2.05, 4.69) is 26.8 Å². The molecule has 0 amide bonds. The molecule has 0 aromatic carbocycles. The van der Waals surface area contributed by atoms with Crippen molar-refractivity contribution in [3.8, 4) is 6.07 Å². The number of allylic oxidation sites excluding steroid dienone is 1. The predicted octanol–water partition coefficient (Wildman–Crippen LogP) is 3.21. The number of aliphatic hydroxyl groups is 3. The van der Waals surface area contributed by atoms with Gasteiger partial charge in [0.2, 0.25) is 0 Å². The smallest absolute Gasteiger partial charge is 0.305 e. The Morgan fingerprint density at radius 2 is 1.94 bits per heavy atom. The number of methoxy groups -OCH3 is 1. The topological polar surface area (TPSA) is 111 Å². The number of nitrogens with zero attached hydrogens (tertiary/aromatic N) is 1. The van der Waals surface area contributed by atoms with Crippen LogP contribution in [-0.4, -0.2) is 46.7 Å². The SMILES string of the molecule is COC(=O)CC[C@@H](C)[C@H]1CC[C@H]2[C@@H]3[C@H](O)C[C@@H]4CC(O)C(C#N)=C[C@]4(C)[C@H]3C[C@H](O)[C@]12C. The van der Waals surface area contributed by atoms with Crippen molar-refractivity contribution in [2.45, 2.75) is 84.0 Å². The van der Waals surface area contributed by atoms with E-state index in [4.69, 9.17) is 4.74 Å². The number of esters is 1. The molecule has 0 spiro atoms. The van der Waals surface area contributed by atoms with Gasteiger partial charge in [0.15, 0.2) is 0 Å². The molecule has 32 heavy (non-hydrogen) atoms. The van der Waals surface area contributed by atoms with Gasteiger partial charge in [0, 0.05) is 6.42 Å². The Balaban J connectivity index is 1.64. The van der Waals surface area contributed by atoms with Gasteiger partial charge in [-0.1, -0.05) is 26.8 Å². The number of hydrogen-bond acceptors (Lipinski definition) is 6. The maximum absolute atomic E-state index is 11.7. The van der Waals surface area contributed by atoms with Crippen LogP contribution in [0.1, 0.15) is 65.7 Å². The number of carbonyl (C=O) groups excluding carboxylic acids is 1. The molecule has 4 aliphatic rings. The molecule has 4 rings (SSSR count). The van der Waals surface area contributed by atoms with Crippen LogP contribution in [-0.2, 0) is 9.53 Å². The van der Waals surface area contributed by atoms with Crippen LogP contribution in [0.5, 0.6) is 0 Å². The summed E-state index contributed by atoms with van der Waals surface area (Å²) in [6, 6.07) is 2.18. The van der Waals surface area contributed by atoms with E-state index < -0.39 is 18.3 Å². The number of nitriles is 1. The van der Waals surface area contributed by atoms with Gasteiger partial charge in [0.25, 0.3) is 0 Å². The van der Waals surface area contributed by atoms with E-state index in [-0.39, 0.29) is 46.4 Å². The lowest BCUT2D eigenvalue weighted by Gasteiger charge is -2.62. The summed E-state index contributed by atoms with van der Waals surface area (Å²) in [7, 11) is 1.42. The van der Waals surface area contributed by atoms with Crippen LogP contribution in [0.3, 0.4) is 0 Å². The summed E-state index contributed by atoms with van der Waals surface area (Å²) < 4.78 is 4.82. The van der Waals surface area contributed by atoms with E-state index in [0.717, 1.165) is 19.3 Å². The molecule has 178 valence electrons. The number of aliphatic hydroxyl groups excluding tert-OH is 3. The fourth-order valence-corrected chi connectivity index (χ4v) is 8.56. The molecule has 0 aliphatic heterocycles. The Hall–Kier alpha value is -1.42. The third-order valence-electron chi connectivity index (χ3n) is 10.3. The molecule has 0 radical (unpaired) electrons. The van der Waals surface area contributed by atoms with Gasteiger partial charge in [0.05, 0.1) is 37.1 Å². The standard InChI is InChI=1S/C26H39NO5/c1-14(5-8-23(31)32-4)17-6-7-18-24-19(11-22(30)26(17,18)3)25(2)12-15(13-27)20(28)9-16(25)10-21(24)29/h12,14,16-22,24,28-30H,5-11H2,1-4H3/t14-,16+,17-,18+,19+,20?,21-,22+,24+,25+,26-/m1/s1. The van der Waals surface area contributed by atoms with E-state index in [0.29, 0.717) is 37.2 Å². The minimum Gasteiger partial charge on any atom is -0.469 e. The minimum atomic E-state index is -0.757. The first-order chi connectivity index (χ1) is 15.1. The first-order valence-electron chi connectivity index (χ1n) is 12.3. The second-order valence-corrected chi connectivity index (χ2v) is 11.5. The average molecular weight is 446 g/mol. The fourth-order valence-electron chi connectivity index (χ4n) is 8.56. The maximum atomic E-state index is 11.7. The molecule has 3 fully saturated rings. The van der Waals surface area contributed by atoms with Crippen LogP contribution in [0.2, 0.25) is 0 Å². The Labute approximate surface area is 191 Å². The monoisotopic (exact) mass is 445 g/mol. The lowest BCUT2D eigenvalue weighted by atomic mass is 9.43.